The first-order valence-corrected chi connectivity index (χ1v) is 6.51. The highest BCUT2D eigenvalue weighted by Crippen LogP contribution is 2.15. The van der Waals surface area contributed by atoms with Gasteiger partial charge < -0.3 is 15.0 Å². The second kappa shape index (κ2) is 9.74. The number of carbonyl (C=O) groups is 2. The predicted molar refractivity (Wildman–Crippen MR) is 71.3 cm³/mol. The molecule has 0 aromatic rings. The lowest BCUT2D eigenvalue weighted by molar-refractivity contribution is -0.109. The Kier molecular flexibility index (Phi) is 9.06. The van der Waals surface area contributed by atoms with Gasteiger partial charge in [0.25, 0.3) is 0 Å². The minimum absolute atomic E-state index is 0.277. The molecule has 5 nitrogen and oxygen atoms in total. The van der Waals surface area contributed by atoms with Gasteiger partial charge in [0.15, 0.2) is 0 Å². The fourth-order valence-electron chi connectivity index (χ4n) is 1.74. The number of rotatable bonds is 3. The minimum atomic E-state index is -0.277. The van der Waals surface area contributed by atoms with Gasteiger partial charge >= 0.3 is 6.09 Å². The van der Waals surface area contributed by atoms with Crippen LogP contribution in [0.2, 0.25) is 0 Å². The van der Waals surface area contributed by atoms with Gasteiger partial charge in [0, 0.05) is 19.6 Å². The van der Waals surface area contributed by atoms with Crippen molar-refractivity contribution in [2.45, 2.75) is 33.6 Å². The third-order valence-electron chi connectivity index (χ3n) is 2.44. The lowest BCUT2D eigenvalue weighted by atomic mass is 9.98. The van der Waals surface area contributed by atoms with Crippen LogP contribution in [0.4, 0.5) is 4.79 Å². The Morgan fingerprint density at radius 1 is 1.50 bits per heavy atom. The topological polar surface area (TPSA) is 58.6 Å². The number of nitrogens with zero attached hydrogens (tertiary/aromatic N) is 1. The standard InChI is InChI=1S/C9H16N2O3.C4H10/c1-14-9(13)11-4-2-3-8(6-11)5-10-7-12;1-4(2)3/h7-8H,2-6H2,1H3,(H,10,12);4H,1-3H3. The van der Waals surface area contributed by atoms with E-state index >= 15 is 0 Å². The number of piperidine rings is 1. The molecule has 2 amide bonds. The largest absolute Gasteiger partial charge is 0.453 e. The average Bonchev–Trinajstić information content (AvgIpc) is 2.35. The highest BCUT2D eigenvalue weighted by Gasteiger charge is 2.23. The smallest absolute Gasteiger partial charge is 0.409 e. The van der Waals surface area contributed by atoms with Gasteiger partial charge in [0.1, 0.15) is 0 Å². The molecule has 0 bridgehead atoms. The summed E-state index contributed by atoms with van der Waals surface area (Å²) < 4.78 is 4.64. The molecule has 1 fully saturated rings. The summed E-state index contributed by atoms with van der Waals surface area (Å²) in [6.07, 6.45) is 2.44. The molecule has 0 aromatic heterocycles. The van der Waals surface area contributed by atoms with E-state index in [2.05, 4.69) is 30.8 Å². The van der Waals surface area contributed by atoms with Crippen molar-refractivity contribution < 1.29 is 14.3 Å². The second-order valence-corrected chi connectivity index (χ2v) is 5.18. The summed E-state index contributed by atoms with van der Waals surface area (Å²) >= 11 is 0. The highest BCUT2D eigenvalue weighted by atomic mass is 16.5. The number of ether oxygens (including phenoxy) is 1. The molecule has 1 unspecified atom stereocenters. The molecule has 0 radical (unpaired) electrons. The van der Waals surface area contributed by atoms with Gasteiger partial charge in [0.2, 0.25) is 6.41 Å². The van der Waals surface area contributed by atoms with Crippen LogP contribution in [0.25, 0.3) is 0 Å². The number of amides is 2. The molecule has 5 heteroatoms. The van der Waals surface area contributed by atoms with E-state index in [-0.39, 0.29) is 6.09 Å². The van der Waals surface area contributed by atoms with Crippen LogP contribution in [0.3, 0.4) is 0 Å². The Morgan fingerprint density at radius 3 is 2.61 bits per heavy atom. The maximum atomic E-state index is 11.2. The minimum Gasteiger partial charge on any atom is -0.453 e. The fourth-order valence-corrected chi connectivity index (χ4v) is 1.74. The van der Waals surface area contributed by atoms with Gasteiger partial charge in [-0.15, -0.1) is 0 Å². The fraction of sp³-hybridized carbons (Fsp3) is 0.846. The van der Waals surface area contributed by atoms with Gasteiger partial charge in [-0.2, -0.15) is 0 Å². The predicted octanol–water partition coefficient (Wildman–Crippen LogP) is 1.87. The van der Waals surface area contributed by atoms with E-state index in [1.54, 1.807) is 4.90 Å². The zero-order chi connectivity index (χ0) is 14.0. The molecule has 1 saturated heterocycles. The second-order valence-electron chi connectivity index (χ2n) is 5.18. The molecule has 0 spiro atoms. The molecular formula is C13H26N2O3. The quantitative estimate of drug-likeness (QED) is 0.786. The van der Waals surface area contributed by atoms with Crippen LogP contribution in [0, 0.1) is 11.8 Å². The Morgan fingerprint density at radius 2 is 2.11 bits per heavy atom. The first-order valence-electron chi connectivity index (χ1n) is 6.51. The van der Waals surface area contributed by atoms with Crippen LogP contribution in [-0.4, -0.2) is 44.1 Å². The zero-order valence-electron chi connectivity index (χ0n) is 11.9. The van der Waals surface area contributed by atoms with Crippen molar-refractivity contribution in [2.24, 2.45) is 11.8 Å². The van der Waals surface area contributed by atoms with Crippen molar-refractivity contribution in [3.05, 3.63) is 0 Å². The third kappa shape index (κ3) is 7.92. The molecule has 0 aromatic carbocycles. The lowest BCUT2D eigenvalue weighted by Gasteiger charge is -2.31. The van der Waals surface area contributed by atoms with Crippen molar-refractivity contribution in [3.63, 3.8) is 0 Å². The molecule has 0 saturated carbocycles. The van der Waals surface area contributed by atoms with Crippen molar-refractivity contribution in [1.82, 2.24) is 10.2 Å². The first kappa shape index (κ1) is 16.7. The summed E-state index contributed by atoms with van der Waals surface area (Å²) in [6.45, 7) is 8.56. The normalized spacial score (nSPS) is 18.7. The molecule has 0 aliphatic carbocycles. The molecule has 1 heterocycles. The Labute approximate surface area is 110 Å². The zero-order valence-corrected chi connectivity index (χ0v) is 11.9. The van der Waals surface area contributed by atoms with Crippen molar-refractivity contribution in [2.75, 3.05) is 26.7 Å². The van der Waals surface area contributed by atoms with Crippen LogP contribution in [0.15, 0.2) is 0 Å². The molecule has 106 valence electrons. The van der Waals surface area contributed by atoms with Gasteiger partial charge in [0.05, 0.1) is 7.11 Å². The number of nitrogens with one attached hydrogen (secondary N) is 1. The van der Waals surface area contributed by atoms with Crippen molar-refractivity contribution >= 4 is 12.5 Å². The summed E-state index contributed by atoms with van der Waals surface area (Å²) in [5.41, 5.74) is 0. The summed E-state index contributed by atoms with van der Waals surface area (Å²) in [6, 6.07) is 0. The number of likely N-dealkylation sites (tertiary alicyclic amines) is 1. The first-order chi connectivity index (χ1) is 8.51. The summed E-state index contributed by atoms with van der Waals surface area (Å²) in [7, 11) is 1.38. The Balaban J connectivity index is 0.000000631. The van der Waals surface area contributed by atoms with Crippen molar-refractivity contribution in [1.29, 1.82) is 0 Å². The molecule has 1 atom stereocenters. The van der Waals surface area contributed by atoms with E-state index in [0.717, 1.165) is 25.3 Å². The van der Waals surface area contributed by atoms with Gasteiger partial charge in [-0.1, -0.05) is 20.8 Å². The molecule has 1 rings (SSSR count). The average molecular weight is 258 g/mol. The van der Waals surface area contributed by atoms with Crippen LogP contribution >= 0.6 is 0 Å². The third-order valence-corrected chi connectivity index (χ3v) is 2.44. The molecule has 1 aliphatic heterocycles. The van der Waals surface area contributed by atoms with Gasteiger partial charge in [-0.25, -0.2) is 4.79 Å². The summed E-state index contributed by atoms with van der Waals surface area (Å²) in [4.78, 5) is 23.0. The number of hydrogen-bond acceptors (Lipinski definition) is 3. The monoisotopic (exact) mass is 258 g/mol. The number of carbonyl (C=O) groups excluding carboxylic acids is 2. The Hall–Kier alpha value is -1.26. The maximum Gasteiger partial charge on any atom is 0.409 e. The van der Waals surface area contributed by atoms with E-state index in [1.165, 1.54) is 7.11 Å². The van der Waals surface area contributed by atoms with Gasteiger partial charge in [-0.3, -0.25) is 4.79 Å². The van der Waals surface area contributed by atoms with E-state index in [0.29, 0.717) is 25.4 Å². The molecule has 1 aliphatic rings. The van der Waals surface area contributed by atoms with Crippen LogP contribution in [0.1, 0.15) is 33.6 Å². The number of methoxy groups -OCH3 is 1. The highest BCUT2D eigenvalue weighted by molar-refractivity contribution is 5.67. The number of hydrogen-bond donors (Lipinski definition) is 1. The maximum absolute atomic E-state index is 11.2. The lowest BCUT2D eigenvalue weighted by Crippen LogP contribution is -2.42. The molecule has 1 N–H and O–H groups in total. The summed E-state index contributed by atoms with van der Waals surface area (Å²) in [5, 5.41) is 2.64. The molecule has 18 heavy (non-hydrogen) atoms. The van der Waals surface area contributed by atoms with Crippen LogP contribution < -0.4 is 5.32 Å². The SMILES string of the molecule is CC(C)C.COC(=O)N1CCCC(CNC=O)C1. The van der Waals surface area contributed by atoms with E-state index in [9.17, 15) is 9.59 Å². The van der Waals surface area contributed by atoms with E-state index < -0.39 is 0 Å². The van der Waals surface area contributed by atoms with Gasteiger partial charge in [-0.05, 0) is 24.7 Å². The summed E-state index contributed by atoms with van der Waals surface area (Å²) in [5.74, 6) is 1.19. The van der Waals surface area contributed by atoms with Crippen LogP contribution in [-0.2, 0) is 9.53 Å². The van der Waals surface area contributed by atoms with E-state index in [1.807, 2.05) is 0 Å². The van der Waals surface area contributed by atoms with Crippen molar-refractivity contribution in [3.8, 4) is 0 Å². The van der Waals surface area contributed by atoms with E-state index in [4.69, 9.17) is 0 Å². The Bertz CT molecular complexity index is 242. The van der Waals surface area contributed by atoms with Crippen LogP contribution in [0.5, 0.6) is 0 Å². The molecular weight excluding hydrogens is 232 g/mol.